The minimum atomic E-state index is 0.927. The lowest BCUT2D eigenvalue weighted by Gasteiger charge is -2.21. The summed E-state index contributed by atoms with van der Waals surface area (Å²) in [5.41, 5.74) is 13.3. The van der Waals surface area contributed by atoms with E-state index in [1.165, 1.54) is 82.4 Å². The van der Waals surface area contributed by atoms with Crippen LogP contribution in [0.5, 0.6) is 0 Å². The summed E-state index contributed by atoms with van der Waals surface area (Å²) < 4.78 is 0. The maximum Gasteiger partial charge on any atom is 0.148 e. The quantitative estimate of drug-likeness (QED) is 0.176. The van der Waals surface area contributed by atoms with E-state index < -0.39 is 0 Å². The van der Waals surface area contributed by atoms with E-state index in [-0.39, 0.29) is 0 Å². The molecule has 2 nitrogen and oxygen atoms in total. The highest BCUT2D eigenvalue weighted by Gasteiger charge is 2.22. The van der Waals surface area contributed by atoms with Gasteiger partial charge in [-0.25, -0.2) is 0 Å². The third kappa shape index (κ3) is 4.70. The zero-order chi connectivity index (χ0) is 32.4. The molecule has 0 saturated heterocycles. The first-order chi connectivity index (χ1) is 23.5. The highest BCUT2D eigenvalue weighted by Crippen LogP contribution is 2.49. The van der Waals surface area contributed by atoms with Crippen molar-refractivity contribution in [2.24, 2.45) is 0 Å². The largest absolute Gasteiger partial charge is 0.148 e. The van der Waals surface area contributed by atoms with E-state index in [0.717, 1.165) is 21.1 Å². The number of aryl methyl sites for hydroxylation is 3. The van der Waals surface area contributed by atoms with Gasteiger partial charge < -0.3 is 0 Å². The number of aromatic nitrogens is 2. The average Bonchev–Trinajstić information content (AvgIpc) is 3.62. The number of nitrogens with zero attached hydrogens (tertiary/aromatic N) is 2. The van der Waals surface area contributed by atoms with Gasteiger partial charge in [0.25, 0.3) is 0 Å². The van der Waals surface area contributed by atoms with Crippen molar-refractivity contribution < 1.29 is 0 Å². The third-order valence-electron chi connectivity index (χ3n) is 9.66. The van der Waals surface area contributed by atoms with Crippen LogP contribution in [-0.2, 0) is 0 Å². The third-order valence-corrected chi connectivity index (χ3v) is 10.7. The minimum Gasteiger partial charge on any atom is -0.138 e. The number of hydrogen-bond acceptors (Lipinski definition) is 3. The van der Waals surface area contributed by atoms with Crippen LogP contribution in [-0.4, -0.2) is 10.2 Å². The molecule has 0 saturated carbocycles. The highest BCUT2D eigenvalue weighted by molar-refractivity contribution is 7.18. The van der Waals surface area contributed by atoms with Crippen molar-refractivity contribution in [2.45, 2.75) is 20.8 Å². The van der Waals surface area contributed by atoms with Crippen molar-refractivity contribution >= 4 is 43.7 Å². The maximum atomic E-state index is 4.81. The molecule has 0 radical (unpaired) electrons. The van der Waals surface area contributed by atoms with Gasteiger partial charge >= 0.3 is 0 Å². The van der Waals surface area contributed by atoms with Gasteiger partial charge in [0.1, 0.15) is 10.0 Å². The molecule has 8 aromatic carbocycles. The van der Waals surface area contributed by atoms with Crippen molar-refractivity contribution in [3.63, 3.8) is 0 Å². The number of rotatable bonds is 5. The molecule has 0 aliphatic rings. The molecule has 48 heavy (non-hydrogen) atoms. The molecule has 9 rings (SSSR count). The van der Waals surface area contributed by atoms with Gasteiger partial charge in [0.2, 0.25) is 0 Å². The van der Waals surface area contributed by atoms with Crippen LogP contribution in [0.1, 0.15) is 16.7 Å². The van der Waals surface area contributed by atoms with E-state index in [1.807, 2.05) is 6.07 Å². The Morgan fingerprint density at radius 3 is 1.17 bits per heavy atom. The molecule has 9 aromatic rings. The Hall–Kier alpha value is -5.64. The summed E-state index contributed by atoms with van der Waals surface area (Å²) in [6.07, 6.45) is 0. The number of hydrogen-bond donors (Lipinski definition) is 0. The normalized spacial score (nSPS) is 11.6. The van der Waals surface area contributed by atoms with Gasteiger partial charge in [-0.15, -0.1) is 10.2 Å². The van der Waals surface area contributed by atoms with Crippen LogP contribution in [0.25, 0.3) is 86.8 Å². The zero-order valence-electron chi connectivity index (χ0n) is 27.1. The summed E-state index contributed by atoms with van der Waals surface area (Å²) in [7, 11) is 0. The van der Waals surface area contributed by atoms with Gasteiger partial charge in [-0.3, -0.25) is 0 Å². The Balaban J connectivity index is 1.42. The van der Waals surface area contributed by atoms with Crippen LogP contribution in [0.15, 0.2) is 140 Å². The van der Waals surface area contributed by atoms with E-state index in [0.29, 0.717) is 0 Å². The first-order valence-corrected chi connectivity index (χ1v) is 17.2. The standard InChI is InChI=1S/C45H32N2S/c1-27-9-15-30(16-10-27)38-25-39(31-17-11-28(2)12-18-31)35-23-24-37-41(45-47-46-44(48-45)33-7-5-4-6-8-33)26-40(32-19-13-29(3)14-20-32)36-22-21-34(38)42(35)43(36)37/h4-26H,1-3H3. The van der Waals surface area contributed by atoms with Crippen molar-refractivity contribution in [2.75, 3.05) is 0 Å². The van der Waals surface area contributed by atoms with Crippen LogP contribution in [0.2, 0.25) is 0 Å². The lowest BCUT2D eigenvalue weighted by molar-refractivity contribution is 1.10. The summed E-state index contributed by atoms with van der Waals surface area (Å²) in [6.45, 7) is 6.44. The summed E-state index contributed by atoms with van der Waals surface area (Å²) in [5, 5.41) is 18.9. The van der Waals surface area contributed by atoms with Gasteiger partial charge in [-0.05, 0) is 98.6 Å². The topological polar surface area (TPSA) is 25.8 Å². The van der Waals surface area contributed by atoms with Crippen molar-refractivity contribution in [1.29, 1.82) is 0 Å². The molecular formula is C45H32N2S. The second-order valence-corrected chi connectivity index (χ2v) is 13.9. The van der Waals surface area contributed by atoms with Crippen molar-refractivity contribution in [1.82, 2.24) is 10.2 Å². The first kappa shape index (κ1) is 28.6. The molecule has 1 aromatic heterocycles. The lowest BCUT2D eigenvalue weighted by Crippen LogP contribution is -1.94. The van der Waals surface area contributed by atoms with Crippen LogP contribution in [0.4, 0.5) is 0 Å². The predicted octanol–water partition coefficient (Wildman–Crippen LogP) is 12.7. The van der Waals surface area contributed by atoms with Gasteiger partial charge in [0.05, 0.1) is 0 Å². The summed E-state index contributed by atoms with van der Waals surface area (Å²) >= 11 is 1.66. The van der Waals surface area contributed by atoms with Gasteiger partial charge in [0, 0.05) is 11.1 Å². The Kier molecular flexibility index (Phi) is 6.70. The number of benzene rings is 8. The monoisotopic (exact) mass is 632 g/mol. The fraction of sp³-hybridized carbons (Fsp3) is 0.0667. The van der Waals surface area contributed by atoms with Crippen LogP contribution >= 0.6 is 11.3 Å². The Morgan fingerprint density at radius 2 is 0.729 bits per heavy atom. The molecule has 0 atom stereocenters. The SMILES string of the molecule is Cc1ccc(-c2cc(-c3ccc(C)cc3)c3ccc4c(-c5nnc(-c6ccccc6)s5)cc(-c5ccc(C)cc5)c5ccc2c3c54)cc1. The second-order valence-electron chi connectivity index (χ2n) is 12.9. The molecule has 3 heteroatoms. The summed E-state index contributed by atoms with van der Waals surface area (Å²) in [6, 6.07) is 51.2. The van der Waals surface area contributed by atoms with Crippen molar-refractivity contribution in [3.05, 3.63) is 156 Å². The fourth-order valence-electron chi connectivity index (χ4n) is 7.12. The minimum absolute atomic E-state index is 0.927. The Labute approximate surface area is 284 Å². The summed E-state index contributed by atoms with van der Waals surface area (Å²) in [4.78, 5) is 0. The van der Waals surface area contributed by atoms with Crippen LogP contribution in [0, 0.1) is 20.8 Å². The Morgan fingerprint density at radius 1 is 0.354 bits per heavy atom. The molecule has 0 aliphatic heterocycles. The van der Waals surface area contributed by atoms with Crippen LogP contribution < -0.4 is 0 Å². The first-order valence-electron chi connectivity index (χ1n) is 16.4. The van der Waals surface area contributed by atoms with Crippen molar-refractivity contribution in [3.8, 4) is 54.5 Å². The molecular weight excluding hydrogens is 601 g/mol. The molecule has 0 bridgehead atoms. The van der Waals surface area contributed by atoms with Gasteiger partial charge in [-0.1, -0.05) is 155 Å². The average molecular weight is 633 g/mol. The Bertz CT molecular complexity index is 2530. The maximum absolute atomic E-state index is 4.81. The van der Waals surface area contributed by atoms with E-state index in [1.54, 1.807) is 11.3 Å². The molecule has 0 fully saturated rings. The van der Waals surface area contributed by atoms with Gasteiger partial charge in [-0.2, -0.15) is 0 Å². The molecule has 1 heterocycles. The highest BCUT2D eigenvalue weighted by atomic mass is 32.1. The van der Waals surface area contributed by atoms with Gasteiger partial charge in [0.15, 0.2) is 0 Å². The van der Waals surface area contributed by atoms with E-state index in [4.69, 9.17) is 5.10 Å². The molecule has 0 spiro atoms. The molecule has 0 N–H and O–H groups in total. The predicted molar refractivity (Wildman–Crippen MR) is 205 cm³/mol. The molecule has 0 unspecified atom stereocenters. The van der Waals surface area contributed by atoms with E-state index >= 15 is 0 Å². The molecule has 228 valence electrons. The fourth-order valence-corrected chi connectivity index (χ4v) is 7.99. The molecule has 0 aliphatic carbocycles. The lowest BCUT2D eigenvalue weighted by atomic mass is 9.82. The van der Waals surface area contributed by atoms with E-state index in [9.17, 15) is 0 Å². The van der Waals surface area contributed by atoms with E-state index in [2.05, 4.69) is 159 Å². The summed E-state index contributed by atoms with van der Waals surface area (Å²) in [5.74, 6) is 0. The second kappa shape index (κ2) is 11.3. The molecule has 0 amide bonds. The smallest absolute Gasteiger partial charge is 0.138 e. The van der Waals surface area contributed by atoms with Crippen LogP contribution in [0.3, 0.4) is 0 Å². The zero-order valence-corrected chi connectivity index (χ0v) is 27.9.